The standard InChI is InChI=1S/C36H62N5O9S2.Ac/c1-51-27-21-30(45)41(35(27)49)22-24-13-15-25(16-14-24)34(48)40-19-8-3-6-12-28(43)38-17-7-2-5-11-29(44)39-18-9-4-10-20-52-36-31(37)33(47)32(46)26(23-42)50-36;/h24-27,31-33,36-37,42,46-47H,2-23H2,1H3,(H,38,43)(H,39,44)(H,40,48);/q-1;/t24?,25?,26?,27?,31?,32-,33-,36-;/m0./s1. The van der Waals surface area contributed by atoms with E-state index in [2.05, 4.69) is 16.0 Å². The first-order chi connectivity index (χ1) is 25.0. The maximum atomic E-state index is 12.6. The van der Waals surface area contributed by atoms with E-state index >= 15 is 0 Å². The minimum absolute atomic E-state index is 0. The van der Waals surface area contributed by atoms with E-state index in [9.17, 15) is 39.3 Å². The number of aliphatic hydroxyl groups is 3. The number of hydrogen-bond donors (Lipinski definition) is 6. The third kappa shape index (κ3) is 17.3. The van der Waals surface area contributed by atoms with E-state index in [1.54, 1.807) is 0 Å². The minimum atomic E-state index is -1.26. The minimum Gasteiger partial charge on any atom is -0.670 e. The molecule has 7 N–H and O–H groups in total. The van der Waals surface area contributed by atoms with Crippen LogP contribution in [0.3, 0.4) is 0 Å². The predicted octanol–water partition coefficient (Wildman–Crippen LogP) is 2.52. The third-order valence-corrected chi connectivity index (χ3v) is 12.4. The van der Waals surface area contributed by atoms with Gasteiger partial charge in [-0.05, 0) is 82.1 Å². The average molecular weight is 1000 g/mol. The van der Waals surface area contributed by atoms with Crippen LogP contribution in [-0.2, 0) is 28.7 Å². The van der Waals surface area contributed by atoms with Gasteiger partial charge in [-0.25, -0.2) is 0 Å². The van der Waals surface area contributed by atoms with Gasteiger partial charge in [-0.2, -0.15) is 11.8 Å². The Balaban J connectivity index is 0.00000972. The molecule has 301 valence electrons. The summed E-state index contributed by atoms with van der Waals surface area (Å²) < 4.78 is 5.55. The molecule has 0 spiro atoms. The summed E-state index contributed by atoms with van der Waals surface area (Å²) in [7, 11) is 0. The normalized spacial score (nSPS) is 27.3. The van der Waals surface area contributed by atoms with E-state index in [0.29, 0.717) is 51.2 Å². The van der Waals surface area contributed by atoms with Gasteiger partial charge in [0.05, 0.1) is 23.4 Å². The monoisotopic (exact) mass is 999 g/mol. The molecule has 2 saturated heterocycles. The number of unbranched alkanes of at least 4 members (excludes halogenated alkanes) is 6. The van der Waals surface area contributed by atoms with Gasteiger partial charge in [0, 0.05) is 95.4 Å². The number of hydrogen-bond acceptors (Lipinski definition) is 11. The summed E-state index contributed by atoms with van der Waals surface area (Å²) in [4.78, 5) is 62.9. The second kappa shape index (κ2) is 27.2. The summed E-state index contributed by atoms with van der Waals surface area (Å²) in [5.74, 6) is 0.929. The fraction of sp³-hybridized carbons (Fsp3) is 0.861. The zero-order chi connectivity index (χ0) is 37.9. The van der Waals surface area contributed by atoms with Crippen LogP contribution in [0.5, 0.6) is 0 Å². The molecule has 3 unspecified atom stereocenters. The summed E-state index contributed by atoms with van der Waals surface area (Å²) in [6, 6.07) is -0.976. The van der Waals surface area contributed by atoms with Crippen molar-refractivity contribution in [1.82, 2.24) is 20.9 Å². The van der Waals surface area contributed by atoms with E-state index in [0.717, 1.165) is 83.5 Å². The van der Waals surface area contributed by atoms with Crippen molar-refractivity contribution in [2.45, 2.75) is 138 Å². The summed E-state index contributed by atoms with van der Waals surface area (Å²) in [5.41, 5.74) is 7.42. The third-order valence-electron chi connectivity index (χ3n) is 10.2. The van der Waals surface area contributed by atoms with Crippen LogP contribution in [0.25, 0.3) is 5.73 Å². The van der Waals surface area contributed by atoms with Crippen LogP contribution in [0.2, 0.25) is 0 Å². The summed E-state index contributed by atoms with van der Waals surface area (Å²) in [6.45, 7) is 1.85. The topological polar surface area (TPSA) is 218 Å². The van der Waals surface area contributed by atoms with Gasteiger partial charge in [0.2, 0.25) is 29.5 Å². The molecule has 6 atom stereocenters. The van der Waals surface area contributed by atoms with Gasteiger partial charge in [-0.15, -0.1) is 11.8 Å². The molecule has 14 nitrogen and oxygen atoms in total. The van der Waals surface area contributed by atoms with Gasteiger partial charge in [-0.1, -0.05) is 25.3 Å². The summed E-state index contributed by atoms with van der Waals surface area (Å²) in [6.07, 6.45) is 10.4. The number of amides is 5. The van der Waals surface area contributed by atoms with Gasteiger partial charge in [0.25, 0.3) is 0 Å². The van der Waals surface area contributed by atoms with Crippen LogP contribution in [-0.4, -0.2) is 130 Å². The first kappa shape index (κ1) is 48.6. The summed E-state index contributed by atoms with van der Waals surface area (Å²) in [5, 5.41) is 37.8. The number of nitrogens with one attached hydrogen (secondary N) is 4. The largest absolute Gasteiger partial charge is 0.670 e. The average Bonchev–Trinajstić information content (AvgIpc) is 3.41. The number of thioether (sulfide) groups is 2. The molecule has 17 heteroatoms. The van der Waals surface area contributed by atoms with Crippen LogP contribution >= 0.6 is 23.5 Å². The van der Waals surface area contributed by atoms with Crippen molar-refractivity contribution in [3.05, 3.63) is 5.73 Å². The predicted molar refractivity (Wildman–Crippen MR) is 202 cm³/mol. The molecule has 2 aliphatic heterocycles. The summed E-state index contributed by atoms with van der Waals surface area (Å²) >= 11 is 2.83. The zero-order valence-electron chi connectivity index (χ0n) is 31.3. The Hall–Kier alpha value is -0.508. The molecule has 0 bridgehead atoms. The first-order valence-corrected chi connectivity index (χ1v) is 21.5. The Morgan fingerprint density at radius 3 is 1.94 bits per heavy atom. The van der Waals surface area contributed by atoms with Crippen LogP contribution in [0.15, 0.2) is 0 Å². The Morgan fingerprint density at radius 2 is 1.40 bits per heavy atom. The number of aliphatic hydroxyl groups excluding tert-OH is 3. The number of nitrogens with zero attached hydrogens (tertiary/aromatic N) is 1. The zero-order valence-corrected chi connectivity index (χ0v) is 37.7. The molecule has 3 aliphatic rings. The second-order valence-electron chi connectivity index (χ2n) is 14.3. The van der Waals surface area contributed by atoms with Gasteiger partial charge in [0.1, 0.15) is 12.2 Å². The molecule has 2 heterocycles. The second-order valence-corrected chi connectivity index (χ2v) is 16.5. The Kier molecular flexibility index (Phi) is 24.9. The fourth-order valence-corrected chi connectivity index (χ4v) is 8.72. The molecule has 3 rings (SSSR count). The van der Waals surface area contributed by atoms with Crippen molar-refractivity contribution < 1.29 is 88.1 Å². The van der Waals surface area contributed by atoms with Crippen LogP contribution in [0.4, 0.5) is 0 Å². The first-order valence-electron chi connectivity index (χ1n) is 19.2. The number of likely N-dealkylation sites (tertiary alicyclic amines) is 1. The Morgan fingerprint density at radius 1 is 0.830 bits per heavy atom. The molecular weight excluding hydrogens is 938 g/mol. The maximum absolute atomic E-state index is 12.6. The van der Waals surface area contributed by atoms with Gasteiger partial charge >= 0.3 is 0 Å². The SMILES string of the molecule is CSC1CC(=O)N(CC2CCC(C(=O)NCCCCCC(=O)NCCCCCC(=O)NCCCCCS[C@@H]3OC(CO)[C@H](O)[C@@H](O)C3[NH-])CC2)C1=O.[Ac]. The van der Waals surface area contributed by atoms with E-state index < -0.39 is 36.4 Å². The number of imide groups is 1. The van der Waals surface area contributed by atoms with Crippen LogP contribution in [0, 0.1) is 55.9 Å². The Bertz CT molecular complexity index is 1130. The van der Waals surface area contributed by atoms with E-state index in [1.165, 1.54) is 28.4 Å². The van der Waals surface area contributed by atoms with Crippen LogP contribution in [0.1, 0.15) is 103 Å². The Labute approximate surface area is 359 Å². The molecule has 0 aromatic carbocycles. The number of ether oxygens (including phenoxy) is 1. The van der Waals surface area contributed by atoms with Gasteiger partial charge in [0.15, 0.2) is 0 Å². The van der Waals surface area contributed by atoms with E-state index in [-0.39, 0.29) is 90.7 Å². The number of carbonyl (C=O) groups is 5. The molecule has 1 saturated carbocycles. The molecule has 3 fully saturated rings. The molecule has 0 aromatic heterocycles. The molecule has 1 radical (unpaired) electrons. The van der Waals surface area contributed by atoms with Crippen molar-refractivity contribution in [3.8, 4) is 0 Å². The molecule has 53 heavy (non-hydrogen) atoms. The van der Waals surface area contributed by atoms with E-state index in [4.69, 9.17) is 10.5 Å². The van der Waals surface area contributed by atoms with Crippen molar-refractivity contribution >= 4 is 53.1 Å². The van der Waals surface area contributed by atoms with Crippen molar-refractivity contribution in [2.24, 2.45) is 11.8 Å². The molecule has 1 aliphatic carbocycles. The number of carbonyl (C=O) groups excluding carboxylic acids is 5. The molecule has 0 aromatic rings. The quantitative estimate of drug-likeness (QED) is 0.0610. The van der Waals surface area contributed by atoms with Crippen LogP contribution < -0.4 is 16.0 Å². The van der Waals surface area contributed by atoms with Crippen molar-refractivity contribution in [3.63, 3.8) is 0 Å². The smallest absolute Gasteiger partial charge is 0.242 e. The molecule has 5 amide bonds. The molecular formula is C36H62AcN5O9S2-. The number of rotatable bonds is 24. The van der Waals surface area contributed by atoms with Crippen molar-refractivity contribution in [1.29, 1.82) is 0 Å². The van der Waals surface area contributed by atoms with Gasteiger partial charge < -0.3 is 41.7 Å². The van der Waals surface area contributed by atoms with Crippen molar-refractivity contribution in [2.75, 3.05) is 44.8 Å². The van der Waals surface area contributed by atoms with Gasteiger partial charge in [-0.3, -0.25) is 28.9 Å². The maximum Gasteiger partial charge on any atom is 0.242 e. The fourth-order valence-electron chi connectivity index (χ4n) is 6.89. The van der Waals surface area contributed by atoms with E-state index in [1.807, 2.05) is 6.26 Å².